The average molecular weight is 413 g/mol. The summed E-state index contributed by atoms with van der Waals surface area (Å²) in [5, 5.41) is 8.27. The molecule has 6 nitrogen and oxygen atoms in total. The number of rotatable bonds is 5. The van der Waals surface area contributed by atoms with E-state index in [0.29, 0.717) is 37.1 Å². The van der Waals surface area contributed by atoms with Crippen LogP contribution in [0.25, 0.3) is 22.8 Å². The molecule has 6 heteroatoms. The molecule has 1 fully saturated rings. The van der Waals surface area contributed by atoms with Gasteiger partial charge in [0.25, 0.3) is 5.89 Å². The minimum absolute atomic E-state index is 0.160. The van der Waals surface area contributed by atoms with E-state index in [4.69, 9.17) is 8.83 Å². The van der Waals surface area contributed by atoms with Gasteiger partial charge in [-0.3, -0.25) is 4.79 Å². The molecule has 0 atom stereocenters. The molecule has 2 aromatic heterocycles. The van der Waals surface area contributed by atoms with Crippen molar-refractivity contribution in [2.45, 2.75) is 25.2 Å². The molecule has 0 spiro atoms. The molecule has 2 aromatic carbocycles. The highest BCUT2D eigenvalue weighted by molar-refractivity contribution is 5.79. The molecular formula is C25H23N3O3. The lowest BCUT2D eigenvalue weighted by molar-refractivity contribution is -0.131. The fourth-order valence-electron chi connectivity index (χ4n) is 4.01. The van der Waals surface area contributed by atoms with E-state index in [1.54, 1.807) is 18.4 Å². The summed E-state index contributed by atoms with van der Waals surface area (Å²) in [5.41, 5.74) is 3.37. The summed E-state index contributed by atoms with van der Waals surface area (Å²) in [7, 11) is 0. The van der Waals surface area contributed by atoms with Gasteiger partial charge in [0.1, 0.15) is 0 Å². The van der Waals surface area contributed by atoms with Crippen molar-refractivity contribution in [3.8, 4) is 22.8 Å². The third-order valence-corrected chi connectivity index (χ3v) is 5.79. The first-order valence-corrected chi connectivity index (χ1v) is 10.6. The molecule has 1 aliphatic rings. The highest BCUT2D eigenvalue weighted by atomic mass is 16.4. The van der Waals surface area contributed by atoms with Crippen LogP contribution in [0, 0.1) is 0 Å². The first-order chi connectivity index (χ1) is 15.3. The van der Waals surface area contributed by atoms with Crippen LogP contribution in [0.4, 0.5) is 0 Å². The number of piperidine rings is 1. The lowest BCUT2D eigenvalue weighted by Gasteiger charge is -2.30. The molecule has 31 heavy (non-hydrogen) atoms. The Labute approximate surface area is 180 Å². The number of furan rings is 1. The highest BCUT2D eigenvalue weighted by Crippen LogP contribution is 2.30. The molecule has 1 amide bonds. The van der Waals surface area contributed by atoms with Gasteiger partial charge in [-0.2, -0.15) is 0 Å². The molecule has 1 aliphatic heterocycles. The first-order valence-electron chi connectivity index (χ1n) is 10.6. The summed E-state index contributed by atoms with van der Waals surface area (Å²) in [6.45, 7) is 1.40. The molecule has 0 aliphatic carbocycles. The Bertz CT molecular complexity index is 1130. The van der Waals surface area contributed by atoms with Crippen molar-refractivity contribution in [1.29, 1.82) is 0 Å². The van der Waals surface area contributed by atoms with Gasteiger partial charge in [-0.05, 0) is 41.7 Å². The van der Waals surface area contributed by atoms with Crippen LogP contribution in [0.3, 0.4) is 0 Å². The van der Waals surface area contributed by atoms with E-state index in [2.05, 4.69) is 34.5 Å². The maximum atomic E-state index is 12.8. The SMILES string of the molecule is O=C(Cc1ccc(-c2ccccc2)cc1)N1CCC(c2nnc(-c3ccco3)o2)CC1. The molecule has 3 heterocycles. The topological polar surface area (TPSA) is 72.4 Å². The molecule has 0 unspecified atom stereocenters. The van der Waals surface area contributed by atoms with Gasteiger partial charge in [0.15, 0.2) is 5.76 Å². The summed E-state index contributed by atoms with van der Waals surface area (Å²) in [4.78, 5) is 14.7. The van der Waals surface area contributed by atoms with Gasteiger partial charge in [0, 0.05) is 19.0 Å². The van der Waals surface area contributed by atoms with E-state index >= 15 is 0 Å². The van der Waals surface area contributed by atoms with Crippen molar-refractivity contribution in [1.82, 2.24) is 15.1 Å². The highest BCUT2D eigenvalue weighted by Gasteiger charge is 2.27. The van der Waals surface area contributed by atoms with Crippen molar-refractivity contribution in [3.05, 3.63) is 84.4 Å². The lowest BCUT2D eigenvalue weighted by atomic mass is 9.96. The Morgan fingerprint density at radius 1 is 0.903 bits per heavy atom. The minimum Gasteiger partial charge on any atom is -0.459 e. The summed E-state index contributed by atoms with van der Waals surface area (Å²) < 4.78 is 11.1. The first kappa shape index (κ1) is 19.3. The number of nitrogens with zero attached hydrogens (tertiary/aromatic N) is 3. The molecule has 4 aromatic rings. The lowest BCUT2D eigenvalue weighted by Crippen LogP contribution is -2.38. The molecule has 5 rings (SSSR count). The normalized spacial score (nSPS) is 14.6. The Hall–Kier alpha value is -3.67. The number of amides is 1. The standard InChI is InChI=1S/C25H23N3O3/c29-23(17-18-8-10-20(11-9-18)19-5-2-1-3-6-19)28-14-12-21(13-15-28)24-26-27-25(31-24)22-7-4-16-30-22/h1-11,16,21H,12-15,17H2. The number of hydrogen-bond acceptors (Lipinski definition) is 5. The van der Waals surface area contributed by atoms with Crippen molar-refractivity contribution in [3.63, 3.8) is 0 Å². The molecule has 1 saturated heterocycles. The van der Waals surface area contributed by atoms with Gasteiger partial charge >= 0.3 is 0 Å². The third-order valence-electron chi connectivity index (χ3n) is 5.79. The van der Waals surface area contributed by atoms with Crippen LogP contribution in [0.2, 0.25) is 0 Å². The van der Waals surface area contributed by atoms with E-state index in [-0.39, 0.29) is 11.8 Å². The Morgan fingerprint density at radius 2 is 1.65 bits per heavy atom. The van der Waals surface area contributed by atoms with Crippen LogP contribution in [0.1, 0.15) is 30.2 Å². The van der Waals surface area contributed by atoms with Crippen LogP contribution in [0.5, 0.6) is 0 Å². The maximum absolute atomic E-state index is 12.8. The zero-order valence-electron chi connectivity index (χ0n) is 17.1. The molecule has 0 saturated carbocycles. The summed E-state index contributed by atoms with van der Waals surface area (Å²) in [5.74, 6) is 1.93. The molecule has 156 valence electrons. The molecular weight excluding hydrogens is 390 g/mol. The van der Waals surface area contributed by atoms with E-state index in [1.165, 1.54) is 5.56 Å². The minimum atomic E-state index is 0.160. The molecule has 0 bridgehead atoms. The van der Waals surface area contributed by atoms with Gasteiger partial charge in [-0.25, -0.2) is 0 Å². The summed E-state index contributed by atoms with van der Waals surface area (Å²) >= 11 is 0. The fraction of sp³-hybridized carbons (Fsp3) is 0.240. The predicted octanol–water partition coefficient (Wildman–Crippen LogP) is 4.95. The second kappa shape index (κ2) is 8.60. The van der Waals surface area contributed by atoms with E-state index in [9.17, 15) is 4.79 Å². The summed E-state index contributed by atoms with van der Waals surface area (Å²) in [6.07, 6.45) is 3.64. The van der Waals surface area contributed by atoms with Crippen LogP contribution >= 0.6 is 0 Å². The van der Waals surface area contributed by atoms with Crippen molar-refractivity contribution < 1.29 is 13.6 Å². The number of likely N-dealkylation sites (tertiary alicyclic amines) is 1. The van der Waals surface area contributed by atoms with E-state index in [1.807, 2.05) is 35.2 Å². The molecule has 0 radical (unpaired) electrons. The van der Waals surface area contributed by atoms with Crippen LogP contribution in [-0.2, 0) is 11.2 Å². The van der Waals surface area contributed by atoms with Gasteiger partial charge in [0.05, 0.1) is 12.7 Å². The van der Waals surface area contributed by atoms with Gasteiger partial charge < -0.3 is 13.7 Å². The number of carbonyl (C=O) groups excluding carboxylic acids is 1. The van der Waals surface area contributed by atoms with Crippen molar-refractivity contribution in [2.24, 2.45) is 0 Å². The third kappa shape index (κ3) is 4.28. The van der Waals surface area contributed by atoms with Crippen LogP contribution in [-0.4, -0.2) is 34.1 Å². The number of aromatic nitrogens is 2. The zero-order chi connectivity index (χ0) is 21.0. The Kier molecular flexibility index (Phi) is 5.35. The maximum Gasteiger partial charge on any atom is 0.283 e. The molecule has 0 N–H and O–H groups in total. The second-order valence-electron chi connectivity index (χ2n) is 7.82. The predicted molar refractivity (Wildman–Crippen MR) is 116 cm³/mol. The van der Waals surface area contributed by atoms with Crippen LogP contribution < -0.4 is 0 Å². The largest absolute Gasteiger partial charge is 0.459 e. The van der Waals surface area contributed by atoms with Gasteiger partial charge in [-0.1, -0.05) is 54.6 Å². The fourth-order valence-corrected chi connectivity index (χ4v) is 4.01. The Morgan fingerprint density at radius 3 is 2.35 bits per heavy atom. The number of benzene rings is 2. The quantitative estimate of drug-likeness (QED) is 0.463. The van der Waals surface area contributed by atoms with Crippen LogP contribution in [0.15, 0.2) is 81.8 Å². The number of hydrogen-bond donors (Lipinski definition) is 0. The Balaban J connectivity index is 1.16. The van der Waals surface area contributed by atoms with Gasteiger partial charge in [0.2, 0.25) is 11.8 Å². The summed E-state index contributed by atoms with van der Waals surface area (Å²) in [6, 6.07) is 22.1. The van der Waals surface area contributed by atoms with E-state index in [0.717, 1.165) is 24.0 Å². The second-order valence-corrected chi connectivity index (χ2v) is 7.82. The van der Waals surface area contributed by atoms with Crippen molar-refractivity contribution >= 4 is 5.91 Å². The average Bonchev–Trinajstić information content (AvgIpc) is 3.53. The van der Waals surface area contributed by atoms with Crippen molar-refractivity contribution in [2.75, 3.05) is 13.1 Å². The number of carbonyl (C=O) groups is 1. The van der Waals surface area contributed by atoms with E-state index < -0.39 is 0 Å². The van der Waals surface area contributed by atoms with Gasteiger partial charge in [-0.15, -0.1) is 10.2 Å². The smallest absolute Gasteiger partial charge is 0.283 e. The zero-order valence-corrected chi connectivity index (χ0v) is 17.1. The monoisotopic (exact) mass is 413 g/mol.